The van der Waals surface area contributed by atoms with Gasteiger partial charge in [0.05, 0.1) is 6.20 Å². The standard InChI is InChI=1S/C11H14N2O4/c1-7-8(6-12-17-7)9(14)13-5-3-4-11(13,2)10(15)16/h6H,3-5H2,1-2H3,(H,15,16). The molecule has 0 spiro atoms. The fraction of sp³-hybridized carbons (Fsp3) is 0.545. The summed E-state index contributed by atoms with van der Waals surface area (Å²) in [6, 6.07) is 0. The molecule has 1 N–H and O–H groups in total. The molecule has 0 radical (unpaired) electrons. The van der Waals surface area contributed by atoms with Gasteiger partial charge in [-0.2, -0.15) is 0 Å². The number of aryl methyl sites for hydroxylation is 1. The molecule has 1 amide bonds. The Balaban J connectivity index is 2.32. The van der Waals surface area contributed by atoms with Crippen molar-refractivity contribution in [2.45, 2.75) is 32.2 Å². The van der Waals surface area contributed by atoms with Crippen LogP contribution in [0.4, 0.5) is 0 Å². The van der Waals surface area contributed by atoms with E-state index in [0.717, 1.165) is 0 Å². The number of carbonyl (C=O) groups is 2. The van der Waals surface area contributed by atoms with Gasteiger partial charge in [0, 0.05) is 6.54 Å². The van der Waals surface area contributed by atoms with Gasteiger partial charge in [-0.1, -0.05) is 5.16 Å². The van der Waals surface area contributed by atoms with Crippen LogP contribution in [0.3, 0.4) is 0 Å². The zero-order valence-electron chi connectivity index (χ0n) is 9.77. The number of nitrogens with zero attached hydrogens (tertiary/aromatic N) is 2. The Kier molecular flexibility index (Phi) is 2.65. The van der Waals surface area contributed by atoms with Gasteiger partial charge < -0.3 is 14.5 Å². The normalized spacial score (nSPS) is 24.0. The molecule has 1 fully saturated rings. The van der Waals surface area contributed by atoms with Crippen molar-refractivity contribution in [2.75, 3.05) is 6.54 Å². The molecule has 1 atom stereocenters. The molecule has 1 saturated heterocycles. The summed E-state index contributed by atoms with van der Waals surface area (Å²) in [6.07, 6.45) is 2.50. The first kappa shape index (κ1) is 11.6. The van der Waals surface area contributed by atoms with E-state index in [4.69, 9.17) is 4.52 Å². The van der Waals surface area contributed by atoms with Gasteiger partial charge in [0.2, 0.25) is 0 Å². The zero-order valence-corrected chi connectivity index (χ0v) is 9.77. The molecular formula is C11H14N2O4. The van der Waals surface area contributed by atoms with Crippen LogP contribution in [0.25, 0.3) is 0 Å². The minimum Gasteiger partial charge on any atom is -0.480 e. The quantitative estimate of drug-likeness (QED) is 0.832. The molecule has 2 rings (SSSR count). The van der Waals surface area contributed by atoms with Crippen molar-refractivity contribution >= 4 is 11.9 Å². The van der Waals surface area contributed by atoms with E-state index in [0.29, 0.717) is 30.7 Å². The molecule has 0 aliphatic carbocycles. The van der Waals surface area contributed by atoms with E-state index in [9.17, 15) is 14.7 Å². The van der Waals surface area contributed by atoms with Crippen LogP contribution < -0.4 is 0 Å². The highest BCUT2D eigenvalue weighted by Gasteiger charge is 2.46. The molecule has 6 heteroatoms. The molecule has 1 aliphatic rings. The highest BCUT2D eigenvalue weighted by atomic mass is 16.5. The number of carboxylic acid groups (broad SMARTS) is 1. The van der Waals surface area contributed by atoms with Gasteiger partial charge in [-0.15, -0.1) is 0 Å². The van der Waals surface area contributed by atoms with Crippen molar-refractivity contribution in [3.63, 3.8) is 0 Å². The lowest BCUT2D eigenvalue weighted by Crippen LogP contribution is -2.50. The van der Waals surface area contributed by atoms with Crippen molar-refractivity contribution in [3.05, 3.63) is 17.5 Å². The van der Waals surface area contributed by atoms with Crippen molar-refractivity contribution < 1.29 is 19.2 Å². The first-order chi connectivity index (χ1) is 7.97. The van der Waals surface area contributed by atoms with Gasteiger partial charge in [-0.3, -0.25) is 4.79 Å². The Hall–Kier alpha value is -1.85. The molecular weight excluding hydrogens is 224 g/mol. The van der Waals surface area contributed by atoms with Gasteiger partial charge in [-0.05, 0) is 26.7 Å². The summed E-state index contributed by atoms with van der Waals surface area (Å²) in [5.74, 6) is -0.891. The van der Waals surface area contributed by atoms with Crippen LogP contribution in [0.15, 0.2) is 10.7 Å². The predicted octanol–water partition coefficient (Wildman–Crippen LogP) is 1.06. The Bertz CT molecular complexity index is 468. The number of carbonyl (C=O) groups excluding carboxylic acids is 1. The lowest BCUT2D eigenvalue weighted by molar-refractivity contribution is -0.147. The van der Waals surface area contributed by atoms with E-state index in [1.807, 2.05) is 0 Å². The minimum absolute atomic E-state index is 0.328. The Morgan fingerprint density at radius 2 is 2.29 bits per heavy atom. The molecule has 92 valence electrons. The largest absolute Gasteiger partial charge is 0.480 e. The van der Waals surface area contributed by atoms with E-state index < -0.39 is 11.5 Å². The summed E-state index contributed by atoms with van der Waals surface area (Å²) in [5.41, 5.74) is -0.791. The van der Waals surface area contributed by atoms with E-state index in [-0.39, 0.29) is 5.91 Å². The fourth-order valence-corrected chi connectivity index (χ4v) is 2.16. The topological polar surface area (TPSA) is 83.6 Å². The molecule has 0 bridgehead atoms. The van der Waals surface area contributed by atoms with Gasteiger partial charge in [0.1, 0.15) is 16.9 Å². The maximum Gasteiger partial charge on any atom is 0.329 e. The number of hydrogen-bond donors (Lipinski definition) is 1. The number of carboxylic acids is 1. The van der Waals surface area contributed by atoms with Crippen LogP contribution in [0.5, 0.6) is 0 Å². The van der Waals surface area contributed by atoms with Gasteiger partial charge in [0.15, 0.2) is 0 Å². The van der Waals surface area contributed by atoms with Gasteiger partial charge in [-0.25, -0.2) is 4.79 Å². The Morgan fingerprint density at radius 3 is 2.82 bits per heavy atom. The third-order valence-corrected chi connectivity index (χ3v) is 3.33. The summed E-state index contributed by atoms with van der Waals surface area (Å²) in [6.45, 7) is 3.66. The van der Waals surface area contributed by atoms with Crippen molar-refractivity contribution in [1.29, 1.82) is 0 Å². The molecule has 2 heterocycles. The summed E-state index contributed by atoms with van der Waals surface area (Å²) in [5, 5.41) is 12.8. The number of aromatic nitrogens is 1. The highest BCUT2D eigenvalue weighted by Crippen LogP contribution is 2.31. The molecule has 0 saturated carbocycles. The second kappa shape index (κ2) is 3.87. The maximum atomic E-state index is 12.2. The van der Waals surface area contributed by atoms with Crippen LogP contribution in [0, 0.1) is 6.92 Å². The SMILES string of the molecule is Cc1oncc1C(=O)N1CCCC1(C)C(=O)O. The van der Waals surface area contributed by atoms with E-state index in [1.54, 1.807) is 13.8 Å². The maximum absolute atomic E-state index is 12.2. The molecule has 1 aromatic heterocycles. The molecule has 0 aromatic carbocycles. The smallest absolute Gasteiger partial charge is 0.329 e. The van der Waals surface area contributed by atoms with Gasteiger partial charge in [0.25, 0.3) is 5.91 Å². The number of amides is 1. The van der Waals surface area contributed by atoms with Crippen molar-refractivity contribution in [1.82, 2.24) is 10.1 Å². The Morgan fingerprint density at radius 1 is 1.59 bits per heavy atom. The second-order valence-corrected chi connectivity index (χ2v) is 4.44. The number of rotatable bonds is 2. The average molecular weight is 238 g/mol. The zero-order chi connectivity index (χ0) is 12.6. The molecule has 1 unspecified atom stereocenters. The lowest BCUT2D eigenvalue weighted by atomic mass is 9.98. The van der Waals surface area contributed by atoms with E-state index in [2.05, 4.69) is 5.16 Å². The van der Waals surface area contributed by atoms with Crippen molar-refractivity contribution in [2.24, 2.45) is 0 Å². The third kappa shape index (κ3) is 1.69. The minimum atomic E-state index is -1.12. The first-order valence-corrected chi connectivity index (χ1v) is 5.43. The van der Waals surface area contributed by atoms with Crippen LogP contribution in [0.1, 0.15) is 35.9 Å². The second-order valence-electron chi connectivity index (χ2n) is 4.44. The number of likely N-dealkylation sites (tertiary alicyclic amines) is 1. The summed E-state index contributed by atoms with van der Waals surface area (Å²) in [7, 11) is 0. The average Bonchev–Trinajstić information content (AvgIpc) is 2.84. The lowest BCUT2D eigenvalue weighted by Gasteiger charge is -2.30. The summed E-state index contributed by atoms with van der Waals surface area (Å²) >= 11 is 0. The van der Waals surface area contributed by atoms with Gasteiger partial charge >= 0.3 is 5.97 Å². The first-order valence-electron chi connectivity index (χ1n) is 5.43. The third-order valence-electron chi connectivity index (χ3n) is 3.33. The molecule has 6 nitrogen and oxygen atoms in total. The molecule has 17 heavy (non-hydrogen) atoms. The molecule has 1 aliphatic heterocycles. The highest BCUT2D eigenvalue weighted by molar-refractivity contribution is 5.98. The summed E-state index contributed by atoms with van der Waals surface area (Å²) < 4.78 is 4.83. The van der Waals surface area contributed by atoms with Crippen LogP contribution in [0.2, 0.25) is 0 Å². The van der Waals surface area contributed by atoms with E-state index in [1.165, 1.54) is 11.1 Å². The van der Waals surface area contributed by atoms with Crippen LogP contribution in [-0.2, 0) is 4.79 Å². The Labute approximate surface area is 98.2 Å². The monoisotopic (exact) mass is 238 g/mol. The van der Waals surface area contributed by atoms with Crippen LogP contribution in [-0.4, -0.2) is 39.1 Å². The summed E-state index contributed by atoms with van der Waals surface area (Å²) in [4.78, 5) is 24.9. The van der Waals surface area contributed by atoms with Crippen LogP contribution >= 0.6 is 0 Å². The molecule has 1 aromatic rings. The van der Waals surface area contributed by atoms with Crippen molar-refractivity contribution in [3.8, 4) is 0 Å². The predicted molar refractivity (Wildman–Crippen MR) is 57.6 cm³/mol. The number of aliphatic carboxylic acids is 1. The number of hydrogen-bond acceptors (Lipinski definition) is 4. The fourth-order valence-electron chi connectivity index (χ4n) is 2.16. The van der Waals surface area contributed by atoms with E-state index >= 15 is 0 Å².